The van der Waals surface area contributed by atoms with Crippen LogP contribution in [-0.2, 0) is 13.1 Å². The minimum absolute atomic E-state index is 0.817. The molecule has 0 atom stereocenters. The molecule has 0 radical (unpaired) electrons. The smallest absolute Gasteiger partial charge is 0.0244 e. The van der Waals surface area contributed by atoms with Crippen molar-refractivity contribution < 1.29 is 0 Å². The summed E-state index contributed by atoms with van der Waals surface area (Å²) in [6.45, 7) is 11.1. The molecule has 0 aliphatic heterocycles. The van der Waals surface area contributed by atoms with Gasteiger partial charge in [-0.1, -0.05) is 61.7 Å². The molecule has 1 aromatic carbocycles. The Morgan fingerprint density at radius 2 is 1.90 bits per heavy atom. The molecule has 1 aromatic rings. The quantitative estimate of drug-likeness (QED) is 0.715. The predicted molar refractivity (Wildman–Crippen MR) is 91.9 cm³/mol. The lowest BCUT2D eigenvalue weighted by Crippen LogP contribution is -2.28. The van der Waals surface area contributed by atoms with Crippen LogP contribution in [0.25, 0.3) is 0 Å². The van der Waals surface area contributed by atoms with Crippen LogP contribution in [-0.4, -0.2) is 25.0 Å². The van der Waals surface area contributed by atoms with Gasteiger partial charge in [0.05, 0.1) is 0 Å². The van der Waals surface area contributed by atoms with Gasteiger partial charge in [-0.15, -0.1) is 0 Å². The standard InChI is InChI=1S/C17H29BrN2/c1-5-14(6-2)12-20(7-3)13-16-9-8-15(11-19-4)10-17(16)18/h8-10,14,19H,5-7,11-13H2,1-4H3. The summed E-state index contributed by atoms with van der Waals surface area (Å²) in [5.41, 5.74) is 2.71. The van der Waals surface area contributed by atoms with E-state index in [1.54, 1.807) is 0 Å². The Hall–Kier alpha value is -0.380. The number of benzene rings is 1. The Balaban J connectivity index is 2.69. The van der Waals surface area contributed by atoms with Crippen LogP contribution < -0.4 is 5.32 Å². The minimum Gasteiger partial charge on any atom is -0.316 e. The zero-order valence-electron chi connectivity index (χ0n) is 13.4. The number of nitrogens with one attached hydrogen (secondary N) is 1. The second-order valence-corrected chi connectivity index (χ2v) is 6.32. The molecule has 2 nitrogen and oxygen atoms in total. The molecule has 0 bridgehead atoms. The fraction of sp³-hybridized carbons (Fsp3) is 0.647. The molecule has 20 heavy (non-hydrogen) atoms. The summed E-state index contributed by atoms with van der Waals surface area (Å²) in [4.78, 5) is 2.55. The molecular formula is C17H29BrN2. The highest BCUT2D eigenvalue weighted by molar-refractivity contribution is 9.10. The first-order chi connectivity index (χ1) is 9.64. The predicted octanol–water partition coefficient (Wildman–Crippen LogP) is 4.43. The van der Waals surface area contributed by atoms with E-state index in [4.69, 9.17) is 0 Å². The molecule has 0 aliphatic carbocycles. The van der Waals surface area contributed by atoms with E-state index in [1.165, 1.54) is 35.0 Å². The molecule has 0 amide bonds. The van der Waals surface area contributed by atoms with E-state index in [0.717, 1.165) is 25.6 Å². The Kier molecular flexibility index (Phi) is 8.43. The van der Waals surface area contributed by atoms with Crippen LogP contribution in [0, 0.1) is 5.92 Å². The molecule has 0 fully saturated rings. The largest absolute Gasteiger partial charge is 0.316 e. The van der Waals surface area contributed by atoms with Crippen molar-refractivity contribution in [3.8, 4) is 0 Å². The van der Waals surface area contributed by atoms with E-state index >= 15 is 0 Å². The first-order valence-corrected chi connectivity index (χ1v) is 8.58. The lowest BCUT2D eigenvalue weighted by molar-refractivity contribution is 0.226. The van der Waals surface area contributed by atoms with Gasteiger partial charge in [0.25, 0.3) is 0 Å². The zero-order valence-corrected chi connectivity index (χ0v) is 15.0. The maximum absolute atomic E-state index is 3.72. The van der Waals surface area contributed by atoms with Crippen molar-refractivity contribution in [1.82, 2.24) is 10.2 Å². The van der Waals surface area contributed by atoms with E-state index in [9.17, 15) is 0 Å². The highest BCUT2D eigenvalue weighted by Gasteiger charge is 2.12. The summed E-state index contributed by atoms with van der Waals surface area (Å²) in [5, 5.41) is 3.19. The topological polar surface area (TPSA) is 15.3 Å². The van der Waals surface area contributed by atoms with Crippen molar-refractivity contribution in [2.45, 2.75) is 46.7 Å². The van der Waals surface area contributed by atoms with Gasteiger partial charge in [0.15, 0.2) is 0 Å². The molecule has 0 saturated carbocycles. The molecule has 0 aliphatic rings. The Morgan fingerprint density at radius 1 is 1.20 bits per heavy atom. The van der Waals surface area contributed by atoms with Crippen LogP contribution in [0.3, 0.4) is 0 Å². The minimum atomic E-state index is 0.817. The van der Waals surface area contributed by atoms with Crippen LogP contribution in [0.1, 0.15) is 44.7 Å². The third-order valence-electron chi connectivity index (χ3n) is 4.01. The van der Waals surface area contributed by atoms with Gasteiger partial charge in [0, 0.05) is 24.1 Å². The summed E-state index contributed by atoms with van der Waals surface area (Å²) >= 11 is 3.72. The van der Waals surface area contributed by atoms with E-state index in [-0.39, 0.29) is 0 Å². The van der Waals surface area contributed by atoms with Gasteiger partial charge >= 0.3 is 0 Å². The van der Waals surface area contributed by atoms with Crippen molar-refractivity contribution in [1.29, 1.82) is 0 Å². The summed E-state index contributed by atoms with van der Waals surface area (Å²) in [6.07, 6.45) is 2.55. The summed E-state index contributed by atoms with van der Waals surface area (Å²) < 4.78 is 1.23. The second kappa shape index (κ2) is 9.54. The van der Waals surface area contributed by atoms with Crippen molar-refractivity contribution in [3.63, 3.8) is 0 Å². The fourth-order valence-electron chi connectivity index (χ4n) is 2.49. The van der Waals surface area contributed by atoms with E-state index < -0.39 is 0 Å². The zero-order chi connectivity index (χ0) is 15.0. The molecule has 1 N–H and O–H groups in total. The normalized spacial score (nSPS) is 11.6. The molecule has 114 valence electrons. The first kappa shape index (κ1) is 17.7. The lowest BCUT2D eigenvalue weighted by Gasteiger charge is -2.25. The van der Waals surface area contributed by atoms with Gasteiger partial charge in [-0.05, 0) is 36.7 Å². The Bertz CT molecular complexity index is 389. The maximum Gasteiger partial charge on any atom is 0.0244 e. The van der Waals surface area contributed by atoms with Crippen molar-refractivity contribution in [3.05, 3.63) is 33.8 Å². The average molecular weight is 341 g/mol. The van der Waals surface area contributed by atoms with Gasteiger partial charge in [-0.25, -0.2) is 0 Å². The molecule has 0 saturated heterocycles. The van der Waals surface area contributed by atoms with Crippen LogP contribution in [0.5, 0.6) is 0 Å². The van der Waals surface area contributed by atoms with Crippen molar-refractivity contribution in [2.75, 3.05) is 20.1 Å². The van der Waals surface area contributed by atoms with Gasteiger partial charge in [0.2, 0.25) is 0 Å². The highest BCUT2D eigenvalue weighted by atomic mass is 79.9. The van der Waals surface area contributed by atoms with Gasteiger partial charge in [0.1, 0.15) is 0 Å². The first-order valence-electron chi connectivity index (χ1n) is 7.78. The van der Waals surface area contributed by atoms with E-state index in [2.05, 4.69) is 65.1 Å². The molecule has 1 rings (SSSR count). The fourth-order valence-corrected chi connectivity index (χ4v) is 3.04. The number of halogens is 1. The van der Waals surface area contributed by atoms with Crippen molar-refractivity contribution >= 4 is 15.9 Å². The summed E-state index contributed by atoms with van der Waals surface area (Å²) in [5.74, 6) is 0.817. The summed E-state index contributed by atoms with van der Waals surface area (Å²) in [6, 6.07) is 6.71. The number of hydrogen-bond acceptors (Lipinski definition) is 2. The third kappa shape index (κ3) is 5.55. The van der Waals surface area contributed by atoms with Crippen LogP contribution >= 0.6 is 15.9 Å². The van der Waals surface area contributed by atoms with E-state index in [1.807, 2.05) is 7.05 Å². The number of rotatable bonds is 9. The van der Waals surface area contributed by atoms with Crippen molar-refractivity contribution in [2.24, 2.45) is 5.92 Å². The van der Waals surface area contributed by atoms with E-state index in [0.29, 0.717) is 0 Å². The summed E-state index contributed by atoms with van der Waals surface area (Å²) in [7, 11) is 1.98. The second-order valence-electron chi connectivity index (χ2n) is 5.47. The average Bonchev–Trinajstić information content (AvgIpc) is 2.46. The van der Waals surface area contributed by atoms with Crippen LogP contribution in [0.4, 0.5) is 0 Å². The van der Waals surface area contributed by atoms with Gasteiger partial charge in [-0.2, -0.15) is 0 Å². The molecule has 0 heterocycles. The van der Waals surface area contributed by atoms with Gasteiger partial charge in [-0.3, -0.25) is 4.90 Å². The molecule has 0 unspecified atom stereocenters. The SMILES string of the molecule is CCC(CC)CN(CC)Cc1ccc(CNC)cc1Br. The Labute approximate surface area is 133 Å². The molecular weight excluding hydrogens is 312 g/mol. The van der Waals surface area contributed by atoms with Gasteiger partial charge < -0.3 is 5.32 Å². The lowest BCUT2D eigenvalue weighted by atomic mass is 10.0. The molecule has 3 heteroatoms. The van der Waals surface area contributed by atoms with Crippen LogP contribution in [0.2, 0.25) is 0 Å². The molecule has 0 aromatic heterocycles. The third-order valence-corrected chi connectivity index (χ3v) is 4.75. The number of nitrogens with zero attached hydrogens (tertiary/aromatic N) is 1. The van der Waals surface area contributed by atoms with Crippen LogP contribution in [0.15, 0.2) is 22.7 Å². The Morgan fingerprint density at radius 3 is 2.40 bits per heavy atom. The number of hydrogen-bond donors (Lipinski definition) is 1. The highest BCUT2D eigenvalue weighted by Crippen LogP contribution is 2.21. The monoisotopic (exact) mass is 340 g/mol. The molecule has 0 spiro atoms. The maximum atomic E-state index is 3.72.